The summed E-state index contributed by atoms with van der Waals surface area (Å²) < 4.78 is 0. The molecule has 1 saturated heterocycles. The summed E-state index contributed by atoms with van der Waals surface area (Å²) in [6.45, 7) is 4.47. The highest BCUT2D eigenvalue weighted by Gasteiger charge is 2.35. The predicted molar refractivity (Wildman–Crippen MR) is 71.4 cm³/mol. The summed E-state index contributed by atoms with van der Waals surface area (Å²) in [5, 5.41) is 7.11. The highest BCUT2D eigenvalue weighted by Crippen LogP contribution is 2.36. The van der Waals surface area contributed by atoms with Crippen LogP contribution in [0, 0.1) is 12.8 Å². The van der Waals surface area contributed by atoms with Gasteiger partial charge in [-0.3, -0.25) is 4.90 Å². The second-order valence-corrected chi connectivity index (χ2v) is 6.51. The molecule has 2 atom stereocenters. The Balaban J connectivity index is 1.69. The molecule has 4 heteroatoms. The van der Waals surface area contributed by atoms with Gasteiger partial charge in [-0.2, -0.15) is 0 Å². The van der Waals surface area contributed by atoms with Crippen LogP contribution in [0.15, 0.2) is 5.38 Å². The first-order valence-corrected chi connectivity index (χ1v) is 7.47. The summed E-state index contributed by atoms with van der Waals surface area (Å²) in [7, 11) is 2.23. The number of aryl methyl sites for hydroxylation is 1. The van der Waals surface area contributed by atoms with Crippen LogP contribution in [-0.4, -0.2) is 36.1 Å². The Hall–Kier alpha value is -0.450. The van der Waals surface area contributed by atoms with Gasteiger partial charge in [-0.05, 0) is 45.7 Å². The predicted octanol–water partition coefficient (Wildman–Crippen LogP) is 2.20. The zero-order valence-corrected chi connectivity index (χ0v) is 11.5. The van der Waals surface area contributed by atoms with Crippen molar-refractivity contribution in [2.75, 3.05) is 20.1 Å². The second kappa shape index (κ2) is 4.67. The van der Waals surface area contributed by atoms with E-state index in [0.29, 0.717) is 6.04 Å². The van der Waals surface area contributed by atoms with Gasteiger partial charge in [-0.1, -0.05) is 0 Å². The molecule has 3 nitrogen and oxygen atoms in total. The summed E-state index contributed by atoms with van der Waals surface area (Å²) in [5.41, 5.74) is 1.29. The van der Waals surface area contributed by atoms with E-state index in [0.717, 1.165) is 18.5 Å². The third-order valence-electron chi connectivity index (χ3n) is 3.96. The minimum atomic E-state index is 0.534. The lowest BCUT2D eigenvalue weighted by Crippen LogP contribution is -2.29. The Morgan fingerprint density at radius 2 is 2.29 bits per heavy atom. The largest absolute Gasteiger partial charge is 0.314 e. The van der Waals surface area contributed by atoms with Gasteiger partial charge in [0.15, 0.2) is 0 Å². The van der Waals surface area contributed by atoms with E-state index in [-0.39, 0.29) is 0 Å². The van der Waals surface area contributed by atoms with Crippen LogP contribution >= 0.6 is 11.3 Å². The Bertz CT molecular complexity index is 386. The average Bonchev–Trinajstić information content (AvgIpc) is 2.93. The van der Waals surface area contributed by atoms with Crippen LogP contribution in [0.5, 0.6) is 0 Å². The minimum absolute atomic E-state index is 0.534. The maximum absolute atomic E-state index is 4.69. The molecular weight excluding hydrogens is 230 g/mol. The topological polar surface area (TPSA) is 28.2 Å². The van der Waals surface area contributed by atoms with Crippen molar-refractivity contribution in [2.45, 2.75) is 38.3 Å². The highest BCUT2D eigenvalue weighted by molar-refractivity contribution is 7.09. The van der Waals surface area contributed by atoms with Crippen molar-refractivity contribution < 1.29 is 0 Å². The molecule has 1 aliphatic carbocycles. The molecule has 1 aromatic rings. The monoisotopic (exact) mass is 251 g/mol. The van der Waals surface area contributed by atoms with Crippen molar-refractivity contribution in [2.24, 2.45) is 5.92 Å². The van der Waals surface area contributed by atoms with Crippen LogP contribution in [0.3, 0.4) is 0 Å². The molecule has 1 N–H and O–H groups in total. The Morgan fingerprint density at radius 1 is 1.47 bits per heavy atom. The maximum atomic E-state index is 4.69. The molecule has 0 spiro atoms. The van der Waals surface area contributed by atoms with Crippen LogP contribution in [0.1, 0.15) is 36.0 Å². The Labute approximate surface area is 107 Å². The van der Waals surface area contributed by atoms with E-state index in [2.05, 4.69) is 34.6 Å². The first-order chi connectivity index (χ1) is 8.24. The van der Waals surface area contributed by atoms with E-state index in [4.69, 9.17) is 0 Å². The molecule has 0 bridgehead atoms. The lowest BCUT2D eigenvalue weighted by molar-refractivity contribution is 0.267. The molecular formula is C13H21N3S. The third kappa shape index (κ3) is 2.54. The van der Waals surface area contributed by atoms with Crippen LogP contribution in [0.2, 0.25) is 0 Å². The van der Waals surface area contributed by atoms with Crippen molar-refractivity contribution in [3.63, 3.8) is 0 Å². The van der Waals surface area contributed by atoms with Crippen molar-refractivity contribution in [3.8, 4) is 0 Å². The SMILES string of the molecule is Cc1nc(C2C(CNC3CC3)CCN2C)cs1. The van der Waals surface area contributed by atoms with Gasteiger partial charge in [-0.15, -0.1) is 11.3 Å². The van der Waals surface area contributed by atoms with Crippen LogP contribution < -0.4 is 5.32 Å². The van der Waals surface area contributed by atoms with Gasteiger partial charge in [0.25, 0.3) is 0 Å². The number of nitrogens with zero attached hydrogens (tertiary/aromatic N) is 2. The molecule has 0 radical (unpaired) electrons. The molecule has 0 aromatic carbocycles. The molecule has 2 fully saturated rings. The molecule has 1 aromatic heterocycles. The number of nitrogens with one attached hydrogen (secondary N) is 1. The fourth-order valence-electron chi connectivity index (χ4n) is 2.83. The molecule has 17 heavy (non-hydrogen) atoms. The van der Waals surface area contributed by atoms with E-state index in [1.807, 2.05) is 0 Å². The molecule has 2 heterocycles. The van der Waals surface area contributed by atoms with E-state index in [1.165, 1.54) is 36.5 Å². The molecule has 94 valence electrons. The fraction of sp³-hybridized carbons (Fsp3) is 0.769. The zero-order valence-electron chi connectivity index (χ0n) is 10.6. The number of aromatic nitrogens is 1. The Kier molecular flexibility index (Phi) is 3.19. The molecule has 3 rings (SSSR count). The second-order valence-electron chi connectivity index (χ2n) is 5.45. The van der Waals surface area contributed by atoms with Gasteiger partial charge in [0, 0.05) is 18.0 Å². The summed E-state index contributed by atoms with van der Waals surface area (Å²) in [4.78, 5) is 7.15. The summed E-state index contributed by atoms with van der Waals surface area (Å²) in [5.74, 6) is 0.738. The molecule has 2 unspecified atom stereocenters. The third-order valence-corrected chi connectivity index (χ3v) is 4.75. The zero-order chi connectivity index (χ0) is 11.8. The first-order valence-electron chi connectivity index (χ1n) is 6.59. The molecule has 1 aliphatic heterocycles. The molecule has 1 saturated carbocycles. The van der Waals surface area contributed by atoms with E-state index < -0.39 is 0 Å². The maximum Gasteiger partial charge on any atom is 0.0898 e. The summed E-state index contributed by atoms with van der Waals surface area (Å²) in [6, 6.07) is 1.35. The minimum Gasteiger partial charge on any atom is -0.314 e. The average molecular weight is 251 g/mol. The van der Waals surface area contributed by atoms with E-state index in [9.17, 15) is 0 Å². The number of rotatable bonds is 4. The van der Waals surface area contributed by atoms with E-state index in [1.54, 1.807) is 11.3 Å². The fourth-order valence-corrected chi connectivity index (χ4v) is 3.47. The van der Waals surface area contributed by atoms with Crippen molar-refractivity contribution in [1.82, 2.24) is 15.2 Å². The smallest absolute Gasteiger partial charge is 0.0898 e. The quantitative estimate of drug-likeness (QED) is 0.889. The number of hydrogen-bond acceptors (Lipinski definition) is 4. The van der Waals surface area contributed by atoms with Gasteiger partial charge >= 0.3 is 0 Å². The highest BCUT2D eigenvalue weighted by atomic mass is 32.1. The number of thiazole rings is 1. The standard InChI is InChI=1S/C13H21N3S/c1-9-15-12(8-17-9)13-10(5-6-16(13)2)7-14-11-3-4-11/h8,10-11,13-14H,3-7H2,1-2H3. The number of likely N-dealkylation sites (tertiary alicyclic amines) is 1. The van der Waals surface area contributed by atoms with E-state index >= 15 is 0 Å². The molecule has 2 aliphatic rings. The van der Waals surface area contributed by atoms with Crippen molar-refractivity contribution >= 4 is 11.3 Å². The first kappa shape index (κ1) is 11.6. The van der Waals surface area contributed by atoms with Crippen LogP contribution in [0.4, 0.5) is 0 Å². The summed E-state index contributed by atoms with van der Waals surface area (Å²) in [6.07, 6.45) is 4.06. The van der Waals surface area contributed by atoms with Crippen molar-refractivity contribution in [1.29, 1.82) is 0 Å². The van der Waals surface area contributed by atoms with Gasteiger partial charge in [0.05, 0.1) is 16.7 Å². The Morgan fingerprint density at radius 3 is 2.94 bits per heavy atom. The normalized spacial score (nSPS) is 30.0. The molecule has 0 amide bonds. The summed E-state index contributed by atoms with van der Waals surface area (Å²) >= 11 is 1.77. The van der Waals surface area contributed by atoms with Gasteiger partial charge in [-0.25, -0.2) is 4.98 Å². The van der Waals surface area contributed by atoms with Crippen molar-refractivity contribution in [3.05, 3.63) is 16.1 Å². The van der Waals surface area contributed by atoms with Gasteiger partial charge in [0.2, 0.25) is 0 Å². The van der Waals surface area contributed by atoms with Crippen LogP contribution in [-0.2, 0) is 0 Å². The number of hydrogen-bond donors (Lipinski definition) is 1. The lowest BCUT2D eigenvalue weighted by atomic mass is 9.98. The van der Waals surface area contributed by atoms with Crippen LogP contribution in [0.25, 0.3) is 0 Å². The van der Waals surface area contributed by atoms with Gasteiger partial charge < -0.3 is 5.32 Å². The van der Waals surface area contributed by atoms with Gasteiger partial charge in [0.1, 0.15) is 0 Å². The lowest BCUT2D eigenvalue weighted by Gasteiger charge is -2.23.